The van der Waals surface area contributed by atoms with Crippen LogP contribution in [0.3, 0.4) is 0 Å². The molecule has 1 aromatic heterocycles. The lowest BCUT2D eigenvalue weighted by molar-refractivity contribution is 0.0941. The molecule has 0 atom stereocenters. The summed E-state index contributed by atoms with van der Waals surface area (Å²) in [6.45, 7) is 2.52. The molecule has 0 aliphatic carbocycles. The number of nitriles is 1. The van der Waals surface area contributed by atoms with Gasteiger partial charge in [-0.25, -0.2) is 4.39 Å². The van der Waals surface area contributed by atoms with E-state index in [1.807, 2.05) is 13.0 Å². The first-order valence-corrected chi connectivity index (χ1v) is 9.47. The van der Waals surface area contributed by atoms with Crippen molar-refractivity contribution in [2.24, 2.45) is 0 Å². The number of aromatic nitrogens is 1. The van der Waals surface area contributed by atoms with Gasteiger partial charge in [0.1, 0.15) is 11.4 Å². The lowest BCUT2D eigenvalue weighted by Crippen LogP contribution is -2.25. The van der Waals surface area contributed by atoms with Crippen molar-refractivity contribution in [2.45, 2.75) is 20.0 Å². The molecule has 3 rings (SSSR count). The normalized spacial score (nSPS) is 10.4. The topological polar surface area (TPSA) is 67.1 Å². The molecule has 0 unspecified atom stereocenters. The number of carbonyl (C=O) groups is 1. The van der Waals surface area contributed by atoms with Crippen LogP contribution >= 0.6 is 23.2 Å². The summed E-state index contributed by atoms with van der Waals surface area (Å²) in [5.74, 6) is -1.05. The van der Waals surface area contributed by atoms with Gasteiger partial charge in [0.15, 0.2) is 11.6 Å². The summed E-state index contributed by atoms with van der Waals surface area (Å²) >= 11 is 12.1. The summed E-state index contributed by atoms with van der Waals surface area (Å²) in [5, 5.41) is 12.1. The number of amides is 1. The molecule has 0 aliphatic rings. The van der Waals surface area contributed by atoms with E-state index < -0.39 is 5.82 Å². The molecule has 0 bridgehead atoms. The Bertz CT molecular complexity index is 1110. The highest BCUT2D eigenvalue weighted by atomic mass is 35.5. The standard InChI is InChI=1S/C21H16Cl2FN3O2/c1-2-27-7-3-4-18(27)21(28)26-12-14-5-6-17(23)20(19(14)24)29-16-9-13(11-25)8-15(22)10-16/h3-10H,2,12H2,1H3,(H,26,28). The SMILES string of the molecule is CCn1cccc1C(=O)NCc1ccc(Cl)c(Oc2cc(Cl)cc(C#N)c2)c1F. The zero-order chi connectivity index (χ0) is 21.0. The van der Waals surface area contributed by atoms with Gasteiger partial charge in [-0.2, -0.15) is 5.26 Å². The minimum absolute atomic E-state index is 0.0495. The fourth-order valence-corrected chi connectivity index (χ4v) is 3.18. The van der Waals surface area contributed by atoms with Crippen LogP contribution in [0.1, 0.15) is 28.5 Å². The van der Waals surface area contributed by atoms with E-state index in [0.29, 0.717) is 12.2 Å². The van der Waals surface area contributed by atoms with Crippen molar-refractivity contribution >= 4 is 29.1 Å². The number of aryl methyl sites for hydroxylation is 1. The van der Waals surface area contributed by atoms with Gasteiger partial charge in [0.25, 0.3) is 5.91 Å². The van der Waals surface area contributed by atoms with Crippen LogP contribution in [-0.4, -0.2) is 10.5 Å². The highest BCUT2D eigenvalue weighted by Gasteiger charge is 2.17. The number of nitrogens with one attached hydrogen (secondary N) is 1. The van der Waals surface area contributed by atoms with Crippen LogP contribution in [0.25, 0.3) is 0 Å². The van der Waals surface area contributed by atoms with Crippen molar-refractivity contribution in [2.75, 3.05) is 0 Å². The largest absolute Gasteiger partial charge is 0.453 e. The molecular weight excluding hydrogens is 416 g/mol. The first-order valence-electron chi connectivity index (χ1n) is 8.71. The molecule has 1 heterocycles. The second-order valence-electron chi connectivity index (χ2n) is 6.10. The van der Waals surface area contributed by atoms with E-state index in [-0.39, 0.29) is 45.1 Å². The van der Waals surface area contributed by atoms with E-state index in [9.17, 15) is 9.18 Å². The Balaban J connectivity index is 1.81. The summed E-state index contributed by atoms with van der Waals surface area (Å²) in [6.07, 6.45) is 1.80. The van der Waals surface area contributed by atoms with E-state index >= 15 is 0 Å². The van der Waals surface area contributed by atoms with Crippen LogP contribution in [-0.2, 0) is 13.1 Å². The summed E-state index contributed by atoms with van der Waals surface area (Å²) < 4.78 is 22.3. The van der Waals surface area contributed by atoms with Crippen molar-refractivity contribution in [3.8, 4) is 17.6 Å². The van der Waals surface area contributed by atoms with Crippen molar-refractivity contribution in [3.63, 3.8) is 0 Å². The summed E-state index contributed by atoms with van der Waals surface area (Å²) in [4.78, 5) is 12.4. The lowest BCUT2D eigenvalue weighted by Gasteiger charge is -2.13. The van der Waals surface area contributed by atoms with Gasteiger partial charge in [-0.15, -0.1) is 0 Å². The van der Waals surface area contributed by atoms with Gasteiger partial charge in [-0.3, -0.25) is 4.79 Å². The Hall–Kier alpha value is -3.01. The summed E-state index contributed by atoms with van der Waals surface area (Å²) in [5.41, 5.74) is 0.961. The Labute approximate surface area is 177 Å². The van der Waals surface area contributed by atoms with Crippen LogP contribution in [0.4, 0.5) is 4.39 Å². The highest BCUT2D eigenvalue weighted by molar-refractivity contribution is 6.32. The molecule has 8 heteroatoms. The maximum atomic E-state index is 15.0. The molecule has 5 nitrogen and oxygen atoms in total. The van der Waals surface area contributed by atoms with Gasteiger partial charge in [-0.05, 0) is 43.3 Å². The smallest absolute Gasteiger partial charge is 0.268 e. The number of rotatable bonds is 6. The van der Waals surface area contributed by atoms with Crippen molar-refractivity contribution in [1.82, 2.24) is 9.88 Å². The first kappa shape index (κ1) is 20.7. The van der Waals surface area contributed by atoms with Crippen LogP contribution < -0.4 is 10.1 Å². The minimum Gasteiger partial charge on any atom is -0.453 e. The average molecular weight is 432 g/mol. The molecule has 0 aliphatic heterocycles. The van der Waals surface area contributed by atoms with E-state index in [2.05, 4.69) is 5.32 Å². The monoisotopic (exact) mass is 431 g/mol. The van der Waals surface area contributed by atoms with Crippen molar-refractivity contribution in [3.05, 3.63) is 81.3 Å². The third-order valence-corrected chi connectivity index (χ3v) is 4.71. The molecule has 0 radical (unpaired) electrons. The molecule has 148 valence electrons. The minimum atomic E-state index is -0.706. The molecule has 0 fully saturated rings. The second kappa shape index (κ2) is 8.99. The average Bonchev–Trinajstić information content (AvgIpc) is 3.19. The van der Waals surface area contributed by atoms with Crippen molar-refractivity contribution in [1.29, 1.82) is 5.26 Å². The number of hydrogen-bond acceptors (Lipinski definition) is 3. The highest BCUT2D eigenvalue weighted by Crippen LogP contribution is 2.35. The molecule has 0 saturated heterocycles. The summed E-state index contributed by atoms with van der Waals surface area (Å²) in [7, 11) is 0. The molecule has 0 saturated carbocycles. The maximum Gasteiger partial charge on any atom is 0.268 e. The Morgan fingerprint density at radius 3 is 2.79 bits per heavy atom. The first-order chi connectivity index (χ1) is 13.9. The van der Waals surface area contributed by atoms with Gasteiger partial charge < -0.3 is 14.6 Å². The second-order valence-corrected chi connectivity index (χ2v) is 6.94. The molecule has 3 aromatic rings. The number of hydrogen-bond donors (Lipinski definition) is 1. The van der Waals surface area contributed by atoms with Crippen LogP contribution in [0.5, 0.6) is 11.5 Å². The van der Waals surface area contributed by atoms with Gasteiger partial charge in [0, 0.05) is 29.9 Å². The molecule has 0 spiro atoms. The number of halogens is 3. The Morgan fingerprint density at radius 1 is 1.28 bits per heavy atom. The van der Waals surface area contributed by atoms with Crippen molar-refractivity contribution < 1.29 is 13.9 Å². The lowest BCUT2D eigenvalue weighted by atomic mass is 10.2. The van der Waals surface area contributed by atoms with Crippen LogP contribution in [0.15, 0.2) is 48.7 Å². The van der Waals surface area contributed by atoms with Gasteiger partial charge in [0.2, 0.25) is 0 Å². The zero-order valence-electron chi connectivity index (χ0n) is 15.4. The molecule has 1 amide bonds. The fourth-order valence-electron chi connectivity index (χ4n) is 2.77. The molecule has 1 N–H and O–H groups in total. The predicted molar refractivity (Wildman–Crippen MR) is 109 cm³/mol. The van der Waals surface area contributed by atoms with Gasteiger partial charge in [-0.1, -0.05) is 29.3 Å². The molecule has 29 heavy (non-hydrogen) atoms. The third-order valence-electron chi connectivity index (χ3n) is 4.19. The third kappa shape index (κ3) is 4.70. The van der Waals surface area contributed by atoms with E-state index in [0.717, 1.165) is 0 Å². The fraction of sp³-hybridized carbons (Fsp3) is 0.143. The number of ether oxygens (including phenoxy) is 1. The number of carbonyl (C=O) groups excluding carboxylic acids is 1. The Morgan fingerprint density at radius 2 is 2.07 bits per heavy atom. The van der Waals surface area contributed by atoms with Gasteiger partial charge >= 0.3 is 0 Å². The summed E-state index contributed by atoms with van der Waals surface area (Å²) in [6, 6.07) is 12.7. The predicted octanol–water partition coefficient (Wildman–Crippen LogP) is 5.55. The quantitative estimate of drug-likeness (QED) is 0.556. The molecule has 2 aromatic carbocycles. The van der Waals surface area contributed by atoms with E-state index in [1.165, 1.54) is 30.3 Å². The van der Waals surface area contributed by atoms with E-state index in [1.54, 1.807) is 22.9 Å². The zero-order valence-corrected chi connectivity index (χ0v) is 16.9. The number of nitrogens with zero attached hydrogens (tertiary/aromatic N) is 2. The van der Waals surface area contributed by atoms with Crippen LogP contribution in [0.2, 0.25) is 10.0 Å². The van der Waals surface area contributed by atoms with E-state index in [4.69, 9.17) is 33.2 Å². The molecular formula is C21H16Cl2FN3O2. The Kier molecular flexibility index (Phi) is 6.42. The van der Waals surface area contributed by atoms with Gasteiger partial charge in [0.05, 0.1) is 16.7 Å². The van der Waals surface area contributed by atoms with Crippen LogP contribution in [0, 0.1) is 17.1 Å². The number of benzene rings is 2. The maximum absolute atomic E-state index is 15.0.